The molecular weight excluding hydrogens is 463 g/mol. The van der Waals surface area contributed by atoms with Crippen LogP contribution in [0.3, 0.4) is 0 Å². The summed E-state index contributed by atoms with van der Waals surface area (Å²) >= 11 is 5.49. The maximum Gasteiger partial charge on any atom is 0.243 e. The fourth-order valence-electron chi connectivity index (χ4n) is 4.07. The number of piperidine rings is 1. The maximum absolute atomic E-state index is 13.2. The molecule has 2 aromatic carbocycles. The highest BCUT2D eigenvalue weighted by Crippen LogP contribution is 2.32. The van der Waals surface area contributed by atoms with Crippen molar-refractivity contribution in [3.05, 3.63) is 53.8 Å². The van der Waals surface area contributed by atoms with Crippen molar-refractivity contribution >= 4 is 38.7 Å². The van der Waals surface area contributed by atoms with Gasteiger partial charge in [-0.1, -0.05) is 12.1 Å². The lowest BCUT2D eigenvalue weighted by Crippen LogP contribution is -2.40. The molecule has 0 unspecified atom stereocenters. The number of nitrogens with zero attached hydrogens (tertiary/aromatic N) is 2. The third-order valence-electron chi connectivity index (χ3n) is 5.89. The van der Waals surface area contributed by atoms with Crippen molar-refractivity contribution in [1.29, 1.82) is 0 Å². The van der Waals surface area contributed by atoms with E-state index in [4.69, 9.17) is 17.0 Å². The van der Waals surface area contributed by atoms with Crippen LogP contribution in [-0.2, 0) is 21.3 Å². The van der Waals surface area contributed by atoms with Gasteiger partial charge in [0, 0.05) is 32.7 Å². The molecule has 4 rings (SSSR count). The Morgan fingerprint density at radius 1 is 1.00 bits per heavy atom. The Balaban J connectivity index is 1.55. The van der Waals surface area contributed by atoms with Gasteiger partial charge >= 0.3 is 0 Å². The number of hydrogen-bond acceptors (Lipinski definition) is 5. The van der Waals surface area contributed by atoms with Crippen molar-refractivity contribution in [2.75, 3.05) is 49.6 Å². The minimum absolute atomic E-state index is 0.231. The Bertz CT molecular complexity index is 1070. The number of nitrogens with one attached hydrogen (secondary N) is 2. The fourth-order valence-corrected chi connectivity index (χ4v) is 5.69. The summed E-state index contributed by atoms with van der Waals surface area (Å²) in [5, 5.41) is 6.70. The van der Waals surface area contributed by atoms with Crippen LogP contribution in [0, 0.1) is 5.82 Å². The lowest BCUT2D eigenvalue weighted by molar-refractivity contribution is 0.0730. The van der Waals surface area contributed by atoms with Gasteiger partial charge in [-0.2, -0.15) is 4.31 Å². The van der Waals surface area contributed by atoms with Crippen LogP contribution in [0.15, 0.2) is 47.4 Å². The monoisotopic (exact) mass is 492 g/mol. The Hall–Kier alpha value is -2.27. The van der Waals surface area contributed by atoms with Crippen LogP contribution in [-0.4, -0.2) is 57.2 Å². The van der Waals surface area contributed by atoms with Crippen molar-refractivity contribution < 1.29 is 17.5 Å². The number of ether oxygens (including phenoxy) is 1. The van der Waals surface area contributed by atoms with E-state index in [0.29, 0.717) is 43.6 Å². The average molecular weight is 493 g/mol. The minimum atomic E-state index is -3.63. The number of anilines is 2. The molecule has 2 heterocycles. The van der Waals surface area contributed by atoms with Crippen LogP contribution in [0.1, 0.15) is 24.8 Å². The molecule has 2 N–H and O–H groups in total. The van der Waals surface area contributed by atoms with Gasteiger partial charge in [-0.05, 0) is 67.4 Å². The molecule has 0 spiro atoms. The van der Waals surface area contributed by atoms with Crippen LogP contribution in [0.5, 0.6) is 0 Å². The molecule has 7 nitrogen and oxygen atoms in total. The molecular formula is C23H29FN4O3S2. The summed E-state index contributed by atoms with van der Waals surface area (Å²) in [7, 11) is -3.63. The Morgan fingerprint density at radius 3 is 2.39 bits per heavy atom. The molecule has 2 aliphatic heterocycles. The highest BCUT2D eigenvalue weighted by Gasteiger charge is 2.28. The van der Waals surface area contributed by atoms with Gasteiger partial charge < -0.3 is 20.3 Å². The van der Waals surface area contributed by atoms with Crippen LogP contribution in [0.25, 0.3) is 0 Å². The van der Waals surface area contributed by atoms with Gasteiger partial charge in [0.15, 0.2) is 5.11 Å². The van der Waals surface area contributed by atoms with E-state index in [-0.39, 0.29) is 10.7 Å². The zero-order valence-electron chi connectivity index (χ0n) is 18.4. The number of morpholine rings is 1. The molecule has 0 amide bonds. The molecule has 0 bridgehead atoms. The second kappa shape index (κ2) is 10.8. The molecule has 0 atom stereocenters. The number of thiocarbonyl (C=S) groups is 1. The standard InChI is InChI=1S/C23H29FN4O3S2/c24-19-6-4-18(5-7-19)17-25-23(32)26-21-16-20(33(29,30)28-12-14-31-15-13-28)8-9-22(21)27-10-2-1-3-11-27/h4-9,16H,1-3,10-15,17H2,(H2,25,26,32). The summed E-state index contributed by atoms with van der Waals surface area (Å²) in [5.41, 5.74) is 2.48. The molecule has 2 fully saturated rings. The van der Waals surface area contributed by atoms with E-state index in [1.807, 2.05) is 6.07 Å². The molecule has 0 aromatic heterocycles. The summed E-state index contributed by atoms with van der Waals surface area (Å²) in [6, 6.07) is 11.4. The fraction of sp³-hybridized carbons (Fsp3) is 0.435. The van der Waals surface area contributed by atoms with Crippen LogP contribution in [0.4, 0.5) is 15.8 Å². The number of halogens is 1. The number of sulfonamides is 1. The van der Waals surface area contributed by atoms with Crippen molar-refractivity contribution in [1.82, 2.24) is 9.62 Å². The second-order valence-electron chi connectivity index (χ2n) is 8.18. The maximum atomic E-state index is 13.2. The topological polar surface area (TPSA) is 73.9 Å². The van der Waals surface area contributed by atoms with Gasteiger partial charge in [-0.15, -0.1) is 0 Å². The van der Waals surface area contributed by atoms with Gasteiger partial charge in [0.2, 0.25) is 10.0 Å². The van der Waals surface area contributed by atoms with Crippen LogP contribution < -0.4 is 15.5 Å². The number of benzene rings is 2. The lowest BCUT2D eigenvalue weighted by Gasteiger charge is -2.31. The first-order chi connectivity index (χ1) is 15.9. The smallest absolute Gasteiger partial charge is 0.243 e. The molecule has 0 radical (unpaired) electrons. The predicted molar refractivity (Wildman–Crippen MR) is 132 cm³/mol. The van der Waals surface area contributed by atoms with E-state index < -0.39 is 10.0 Å². The Labute approximate surface area is 200 Å². The highest BCUT2D eigenvalue weighted by atomic mass is 32.2. The number of rotatable bonds is 6. The summed E-state index contributed by atoms with van der Waals surface area (Å²) in [4.78, 5) is 2.49. The summed E-state index contributed by atoms with van der Waals surface area (Å²) in [5.74, 6) is -0.288. The third-order valence-corrected chi connectivity index (χ3v) is 8.03. The second-order valence-corrected chi connectivity index (χ2v) is 10.5. The molecule has 0 aliphatic carbocycles. The van der Waals surface area contributed by atoms with Crippen molar-refractivity contribution in [2.45, 2.75) is 30.7 Å². The molecule has 0 saturated carbocycles. The first-order valence-corrected chi connectivity index (χ1v) is 13.0. The van der Waals surface area contributed by atoms with E-state index in [1.54, 1.807) is 24.3 Å². The van der Waals surface area contributed by atoms with Gasteiger partial charge in [0.05, 0.1) is 29.5 Å². The van der Waals surface area contributed by atoms with E-state index >= 15 is 0 Å². The Kier molecular flexibility index (Phi) is 7.79. The van der Waals surface area contributed by atoms with Gasteiger partial charge in [-0.3, -0.25) is 0 Å². The van der Waals surface area contributed by atoms with Crippen molar-refractivity contribution in [3.63, 3.8) is 0 Å². The van der Waals surface area contributed by atoms with Crippen molar-refractivity contribution in [2.24, 2.45) is 0 Å². The van der Waals surface area contributed by atoms with E-state index in [1.165, 1.54) is 22.9 Å². The molecule has 2 aliphatic rings. The van der Waals surface area contributed by atoms with E-state index in [2.05, 4.69) is 15.5 Å². The first kappa shape index (κ1) is 23.9. The van der Waals surface area contributed by atoms with E-state index in [9.17, 15) is 12.8 Å². The molecule has 10 heteroatoms. The van der Waals surface area contributed by atoms with Crippen molar-refractivity contribution in [3.8, 4) is 0 Å². The van der Waals surface area contributed by atoms with Gasteiger partial charge in [0.25, 0.3) is 0 Å². The quantitative estimate of drug-likeness (QED) is 0.600. The molecule has 33 heavy (non-hydrogen) atoms. The summed E-state index contributed by atoms with van der Waals surface area (Å²) < 4.78 is 46.3. The largest absolute Gasteiger partial charge is 0.379 e. The Morgan fingerprint density at radius 2 is 1.70 bits per heavy atom. The zero-order valence-corrected chi connectivity index (χ0v) is 20.1. The predicted octanol–water partition coefficient (Wildman–Crippen LogP) is 3.32. The summed E-state index contributed by atoms with van der Waals surface area (Å²) in [6.07, 6.45) is 3.39. The minimum Gasteiger partial charge on any atom is -0.379 e. The average Bonchev–Trinajstić information content (AvgIpc) is 2.85. The number of hydrogen-bond donors (Lipinski definition) is 2. The molecule has 2 saturated heterocycles. The summed E-state index contributed by atoms with van der Waals surface area (Å²) in [6.45, 7) is 3.74. The first-order valence-electron chi connectivity index (χ1n) is 11.2. The normalized spacial score (nSPS) is 17.5. The van der Waals surface area contributed by atoms with Gasteiger partial charge in [-0.25, -0.2) is 12.8 Å². The molecule has 178 valence electrons. The third kappa shape index (κ3) is 6.00. The van der Waals surface area contributed by atoms with Crippen LogP contribution in [0.2, 0.25) is 0 Å². The SMILES string of the molecule is O=S(=O)(c1ccc(N2CCCCC2)c(NC(=S)NCc2ccc(F)cc2)c1)N1CCOCC1. The van der Waals surface area contributed by atoms with E-state index in [0.717, 1.165) is 37.2 Å². The lowest BCUT2D eigenvalue weighted by atomic mass is 10.1. The molecule has 2 aromatic rings. The zero-order chi connectivity index (χ0) is 23.3. The van der Waals surface area contributed by atoms with Gasteiger partial charge in [0.1, 0.15) is 5.82 Å². The van der Waals surface area contributed by atoms with Crippen LogP contribution >= 0.6 is 12.2 Å². The highest BCUT2D eigenvalue weighted by molar-refractivity contribution is 7.89.